The summed E-state index contributed by atoms with van der Waals surface area (Å²) in [6.45, 7) is 4.13. The van der Waals surface area contributed by atoms with E-state index in [0.29, 0.717) is 18.7 Å². The van der Waals surface area contributed by atoms with Gasteiger partial charge < -0.3 is 14.9 Å². The topological polar surface area (TPSA) is 63.2 Å². The summed E-state index contributed by atoms with van der Waals surface area (Å²) in [5, 5.41) is 9.13. The number of nitrogens with one attached hydrogen (secondary N) is 1. The van der Waals surface area contributed by atoms with Gasteiger partial charge in [-0.1, -0.05) is 11.2 Å². The summed E-state index contributed by atoms with van der Waals surface area (Å²) in [6.07, 6.45) is 3.77. The van der Waals surface area contributed by atoms with E-state index in [4.69, 9.17) is 9.57 Å². The van der Waals surface area contributed by atoms with E-state index in [9.17, 15) is 4.79 Å². The molecule has 1 aromatic rings. The number of likely N-dealkylation sites (tertiary alicyclic amines) is 1. The van der Waals surface area contributed by atoms with Crippen molar-refractivity contribution in [1.82, 2.24) is 10.2 Å². The Morgan fingerprint density at radius 3 is 3.29 bits per heavy atom. The number of amides is 1. The third kappa shape index (κ3) is 3.48. The molecule has 2 saturated heterocycles. The third-order valence-electron chi connectivity index (χ3n) is 4.97. The van der Waals surface area contributed by atoms with Crippen LogP contribution in [0.3, 0.4) is 0 Å². The van der Waals surface area contributed by atoms with Crippen LogP contribution in [-0.4, -0.2) is 54.5 Å². The molecule has 1 amide bonds. The first-order chi connectivity index (χ1) is 11.7. The number of hydrogen-bond acceptors (Lipinski definition) is 6. The van der Waals surface area contributed by atoms with Crippen LogP contribution in [0.25, 0.3) is 0 Å². The first-order valence-electron chi connectivity index (χ1n) is 8.62. The highest BCUT2D eigenvalue weighted by Gasteiger charge is 2.46. The summed E-state index contributed by atoms with van der Waals surface area (Å²) in [5.41, 5.74) is 0.208. The molecule has 6 nitrogen and oxygen atoms in total. The average Bonchev–Trinajstić information content (AvgIpc) is 3.35. The van der Waals surface area contributed by atoms with Gasteiger partial charge in [-0.3, -0.25) is 9.69 Å². The van der Waals surface area contributed by atoms with Crippen LogP contribution in [0.1, 0.15) is 30.6 Å². The highest BCUT2D eigenvalue weighted by atomic mass is 32.1. The van der Waals surface area contributed by atoms with Crippen LogP contribution in [0.15, 0.2) is 22.7 Å². The maximum Gasteiger partial charge on any atom is 0.269 e. The summed E-state index contributed by atoms with van der Waals surface area (Å²) in [7, 11) is 0. The van der Waals surface area contributed by atoms with Gasteiger partial charge in [-0.25, -0.2) is 0 Å². The Morgan fingerprint density at radius 2 is 2.50 bits per heavy atom. The van der Waals surface area contributed by atoms with E-state index in [-0.39, 0.29) is 17.6 Å². The monoisotopic (exact) mass is 349 g/mol. The third-order valence-corrected chi connectivity index (χ3v) is 5.83. The highest BCUT2D eigenvalue weighted by molar-refractivity contribution is 7.09. The number of carbonyl (C=O) groups excluding carboxylic acids is 1. The molecule has 7 heteroatoms. The van der Waals surface area contributed by atoms with Crippen molar-refractivity contribution < 1.29 is 14.4 Å². The number of oxime groups is 1. The van der Waals surface area contributed by atoms with Crippen LogP contribution in [0.5, 0.6) is 0 Å². The van der Waals surface area contributed by atoms with Crippen LogP contribution < -0.4 is 5.32 Å². The number of nitrogens with zero attached hydrogens (tertiary/aromatic N) is 2. The largest absolute Gasteiger partial charge is 0.387 e. The Labute approximate surface area is 145 Å². The Hall–Kier alpha value is -1.44. The lowest BCUT2D eigenvalue weighted by molar-refractivity contribution is -0.115. The highest BCUT2D eigenvalue weighted by Crippen LogP contribution is 2.34. The van der Waals surface area contributed by atoms with Crippen molar-refractivity contribution in [3.05, 3.63) is 22.4 Å². The molecule has 24 heavy (non-hydrogen) atoms. The van der Waals surface area contributed by atoms with Crippen molar-refractivity contribution in [3.8, 4) is 0 Å². The second-order valence-corrected chi connectivity index (χ2v) is 7.91. The van der Waals surface area contributed by atoms with Crippen molar-refractivity contribution in [2.75, 3.05) is 26.2 Å². The molecule has 1 aromatic heterocycles. The number of hydrogen-bond donors (Lipinski definition) is 1. The quantitative estimate of drug-likeness (QED) is 0.880. The maximum atomic E-state index is 12.3. The van der Waals surface area contributed by atoms with Gasteiger partial charge in [-0.05, 0) is 24.3 Å². The fourth-order valence-electron chi connectivity index (χ4n) is 3.66. The zero-order valence-corrected chi connectivity index (χ0v) is 14.5. The van der Waals surface area contributed by atoms with E-state index in [2.05, 4.69) is 32.9 Å². The summed E-state index contributed by atoms with van der Waals surface area (Å²) < 4.78 is 5.53. The van der Waals surface area contributed by atoms with Gasteiger partial charge in [-0.15, -0.1) is 11.3 Å². The van der Waals surface area contributed by atoms with E-state index in [1.54, 1.807) is 11.3 Å². The summed E-state index contributed by atoms with van der Waals surface area (Å²) in [6, 6.07) is 4.24. The van der Waals surface area contributed by atoms with Crippen molar-refractivity contribution >= 4 is 23.0 Å². The fourth-order valence-corrected chi connectivity index (χ4v) is 4.41. The standard InChI is InChI=1S/C17H23N3O3S/c21-16(18-10-13-3-1-7-22-13)15-9-17(23-19-15)5-6-20(12-17)11-14-4-2-8-24-14/h2,4,8,13H,1,3,5-7,9-12H2,(H,18,21)/t13-,17+/m0/s1. The number of carbonyl (C=O) groups is 1. The molecule has 0 bridgehead atoms. The lowest BCUT2D eigenvalue weighted by atomic mass is 9.96. The average molecular weight is 349 g/mol. The molecule has 3 aliphatic heterocycles. The van der Waals surface area contributed by atoms with Crippen molar-refractivity contribution in [1.29, 1.82) is 0 Å². The maximum absolute atomic E-state index is 12.3. The smallest absolute Gasteiger partial charge is 0.269 e. The number of thiophene rings is 1. The van der Waals surface area contributed by atoms with Gasteiger partial charge in [0, 0.05) is 50.5 Å². The number of rotatable bonds is 5. The molecular weight excluding hydrogens is 326 g/mol. The predicted molar refractivity (Wildman–Crippen MR) is 92.1 cm³/mol. The van der Waals surface area contributed by atoms with Crippen molar-refractivity contribution in [3.63, 3.8) is 0 Å². The molecule has 2 atom stereocenters. The van der Waals surface area contributed by atoms with Gasteiger partial charge in [0.15, 0.2) is 5.60 Å². The molecule has 0 unspecified atom stereocenters. The van der Waals surface area contributed by atoms with Gasteiger partial charge >= 0.3 is 0 Å². The molecule has 2 fully saturated rings. The van der Waals surface area contributed by atoms with Gasteiger partial charge in [-0.2, -0.15) is 0 Å². The van der Waals surface area contributed by atoms with Crippen LogP contribution >= 0.6 is 11.3 Å². The van der Waals surface area contributed by atoms with E-state index in [1.807, 2.05) is 0 Å². The minimum Gasteiger partial charge on any atom is -0.387 e. The zero-order valence-electron chi connectivity index (χ0n) is 13.7. The second-order valence-electron chi connectivity index (χ2n) is 6.87. The minimum atomic E-state index is -0.312. The molecule has 4 heterocycles. The van der Waals surface area contributed by atoms with Crippen LogP contribution in [-0.2, 0) is 20.9 Å². The van der Waals surface area contributed by atoms with Gasteiger partial charge in [0.2, 0.25) is 0 Å². The zero-order chi connectivity index (χ0) is 16.4. The minimum absolute atomic E-state index is 0.112. The molecule has 130 valence electrons. The molecule has 4 rings (SSSR count). The molecule has 1 spiro atoms. The molecular formula is C17H23N3O3S. The van der Waals surface area contributed by atoms with Crippen LogP contribution in [0.2, 0.25) is 0 Å². The first kappa shape index (κ1) is 16.1. The second kappa shape index (κ2) is 6.82. The molecule has 1 N–H and O–H groups in total. The van der Waals surface area contributed by atoms with Crippen LogP contribution in [0.4, 0.5) is 0 Å². The summed E-state index contributed by atoms with van der Waals surface area (Å²) in [4.78, 5) is 21.7. The van der Waals surface area contributed by atoms with Gasteiger partial charge in [0.25, 0.3) is 5.91 Å². The molecule has 0 aromatic carbocycles. The molecule has 0 saturated carbocycles. The SMILES string of the molecule is O=C(NC[C@@H]1CCCO1)C1=NO[C@]2(CCN(Cc3cccs3)C2)C1. The molecule has 3 aliphatic rings. The lowest BCUT2D eigenvalue weighted by Crippen LogP contribution is -2.39. The Morgan fingerprint density at radius 1 is 1.54 bits per heavy atom. The lowest BCUT2D eigenvalue weighted by Gasteiger charge is -2.21. The van der Waals surface area contributed by atoms with E-state index < -0.39 is 0 Å². The molecule has 0 radical (unpaired) electrons. The normalized spacial score (nSPS) is 29.8. The van der Waals surface area contributed by atoms with Crippen molar-refractivity contribution in [2.45, 2.75) is 43.9 Å². The van der Waals surface area contributed by atoms with Crippen LogP contribution in [0, 0.1) is 0 Å². The van der Waals surface area contributed by atoms with Crippen molar-refractivity contribution in [2.24, 2.45) is 5.16 Å². The molecule has 0 aliphatic carbocycles. The fraction of sp³-hybridized carbons (Fsp3) is 0.647. The predicted octanol–water partition coefficient (Wildman–Crippen LogP) is 1.76. The van der Waals surface area contributed by atoms with E-state index in [1.165, 1.54) is 4.88 Å². The Bertz CT molecular complexity index is 613. The van der Waals surface area contributed by atoms with E-state index >= 15 is 0 Å². The summed E-state index contributed by atoms with van der Waals surface area (Å²) >= 11 is 1.78. The first-order valence-corrected chi connectivity index (χ1v) is 9.50. The van der Waals surface area contributed by atoms with Gasteiger partial charge in [0.05, 0.1) is 6.10 Å². The Balaban J connectivity index is 1.26. The number of ether oxygens (including phenoxy) is 1. The van der Waals surface area contributed by atoms with Gasteiger partial charge in [0.1, 0.15) is 5.71 Å². The Kier molecular flexibility index (Phi) is 4.56. The summed E-state index contributed by atoms with van der Waals surface area (Å²) in [5.74, 6) is -0.112. The van der Waals surface area contributed by atoms with E-state index in [0.717, 1.165) is 45.5 Å².